The fourth-order valence-electron chi connectivity index (χ4n) is 9.35. The number of amides is 1. The fraction of sp³-hybridized carbons (Fsp3) is 0.296. The number of aldehydes is 1. The third kappa shape index (κ3) is 9.12. The Hall–Kier alpha value is -6.82. The Bertz CT molecular complexity index is 2680. The van der Waals surface area contributed by atoms with Gasteiger partial charge in [-0.15, -0.1) is 0 Å². The van der Waals surface area contributed by atoms with Crippen molar-refractivity contribution in [2.75, 3.05) is 61.7 Å². The van der Waals surface area contributed by atoms with Crippen molar-refractivity contribution in [3.63, 3.8) is 0 Å². The molecule has 2 atom stereocenters. The van der Waals surface area contributed by atoms with Crippen LogP contribution >= 0.6 is 0 Å². The average Bonchev–Trinajstić information content (AvgIpc) is 3.33. The number of hydrogen-bond acceptors (Lipinski definition) is 10. The third-order valence-electron chi connectivity index (χ3n) is 13.0. The van der Waals surface area contributed by atoms with Gasteiger partial charge in [0.25, 0.3) is 5.91 Å². The lowest BCUT2D eigenvalue weighted by molar-refractivity contribution is 0.0951. The zero-order chi connectivity index (χ0) is 45.0. The molecule has 6 bridgehead atoms. The van der Waals surface area contributed by atoms with Crippen LogP contribution in [0.25, 0.3) is 11.1 Å². The summed E-state index contributed by atoms with van der Waals surface area (Å²) in [6, 6.07) is 35.7. The molecule has 0 aliphatic carbocycles. The first kappa shape index (κ1) is 43.4. The Balaban J connectivity index is 0.995. The van der Waals surface area contributed by atoms with E-state index in [0.29, 0.717) is 83.1 Å². The van der Waals surface area contributed by atoms with E-state index in [1.54, 1.807) is 33.5 Å². The molecule has 1 amide bonds. The van der Waals surface area contributed by atoms with E-state index >= 15 is 0 Å². The van der Waals surface area contributed by atoms with Crippen LogP contribution < -0.4 is 33.7 Å². The summed E-state index contributed by atoms with van der Waals surface area (Å²) in [5, 5.41) is 3.02. The van der Waals surface area contributed by atoms with Crippen LogP contribution in [0, 0.1) is 0 Å². The summed E-state index contributed by atoms with van der Waals surface area (Å²) in [5.74, 6) is 4.87. The molecule has 2 unspecified atom stereocenters. The summed E-state index contributed by atoms with van der Waals surface area (Å²) >= 11 is 0. The summed E-state index contributed by atoms with van der Waals surface area (Å²) in [6.07, 6.45) is 4.58. The van der Waals surface area contributed by atoms with Crippen LogP contribution in [0.4, 0.5) is 0 Å². The Morgan fingerprint density at radius 3 is 2.05 bits per heavy atom. The lowest BCUT2D eigenvalue weighted by Crippen LogP contribution is -2.34. The average molecular weight is 874 g/mol. The van der Waals surface area contributed by atoms with Crippen LogP contribution in [0.2, 0.25) is 0 Å². The van der Waals surface area contributed by atoms with Crippen LogP contribution in [0.5, 0.6) is 46.0 Å². The van der Waals surface area contributed by atoms with Crippen molar-refractivity contribution in [2.24, 2.45) is 0 Å². The zero-order valence-electron chi connectivity index (χ0n) is 37.6. The summed E-state index contributed by atoms with van der Waals surface area (Å²) in [4.78, 5) is 28.9. The molecule has 4 aliphatic heterocycles. The highest BCUT2D eigenvalue weighted by Gasteiger charge is 2.35. The van der Waals surface area contributed by atoms with Gasteiger partial charge in [0.15, 0.2) is 34.5 Å². The van der Waals surface area contributed by atoms with Gasteiger partial charge in [0.2, 0.25) is 5.75 Å². The van der Waals surface area contributed by atoms with Gasteiger partial charge in [-0.1, -0.05) is 54.6 Å². The van der Waals surface area contributed by atoms with Crippen LogP contribution in [-0.2, 0) is 25.7 Å². The molecule has 0 fully saturated rings. The maximum atomic E-state index is 13.1. The Morgan fingerprint density at radius 2 is 1.34 bits per heavy atom. The normalized spacial score (nSPS) is 16.8. The molecule has 0 radical (unpaired) electrons. The number of likely N-dealkylation sites (N-methyl/N-ethyl adjacent to an activating group) is 2. The molecular weight excluding hydrogens is 819 g/mol. The molecule has 11 heteroatoms. The number of carbonyl (C=O) groups is 2. The summed E-state index contributed by atoms with van der Waals surface area (Å²) in [5.41, 5.74) is 10.0. The van der Waals surface area contributed by atoms with Gasteiger partial charge < -0.3 is 33.7 Å². The monoisotopic (exact) mass is 873 g/mol. The van der Waals surface area contributed by atoms with Gasteiger partial charge in [-0.2, -0.15) is 0 Å². The Morgan fingerprint density at radius 1 is 0.692 bits per heavy atom. The Kier molecular flexibility index (Phi) is 12.8. The smallest absolute Gasteiger partial charge is 0.251 e. The minimum Gasteiger partial charge on any atom is -0.493 e. The predicted octanol–water partition coefficient (Wildman–Crippen LogP) is 9.83. The van der Waals surface area contributed by atoms with E-state index in [1.807, 2.05) is 54.6 Å². The van der Waals surface area contributed by atoms with E-state index in [9.17, 15) is 9.59 Å². The molecule has 6 aromatic rings. The topological polar surface area (TPSA) is 108 Å². The molecule has 10 rings (SSSR count). The highest BCUT2D eigenvalue weighted by atomic mass is 16.5. The van der Waals surface area contributed by atoms with Gasteiger partial charge in [0, 0.05) is 48.4 Å². The van der Waals surface area contributed by atoms with Gasteiger partial charge in [0.1, 0.15) is 12.0 Å². The van der Waals surface area contributed by atoms with Crippen molar-refractivity contribution < 1.29 is 38.0 Å². The van der Waals surface area contributed by atoms with Gasteiger partial charge >= 0.3 is 0 Å². The molecule has 0 saturated heterocycles. The van der Waals surface area contributed by atoms with E-state index in [0.717, 1.165) is 66.5 Å². The van der Waals surface area contributed by atoms with Crippen molar-refractivity contribution in [2.45, 2.75) is 44.2 Å². The molecule has 334 valence electrons. The predicted molar refractivity (Wildman–Crippen MR) is 251 cm³/mol. The number of hydrogen-bond donors (Lipinski definition) is 1. The number of fused-ring (bicyclic) bond motifs is 2. The second kappa shape index (κ2) is 19.1. The number of ether oxygens (including phenoxy) is 6. The summed E-state index contributed by atoms with van der Waals surface area (Å²) in [6.45, 7) is 2.57. The van der Waals surface area contributed by atoms with Crippen LogP contribution in [0.15, 0.2) is 109 Å². The van der Waals surface area contributed by atoms with Crippen molar-refractivity contribution >= 4 is 12.2 Å². The van der Waals surface area contributed by atoms with Crippen molar-refractivity contribution in [1.29, 1.82) is 0 Å². The molecular formula is C54H55N3O8. The summed E-state index contributed by atoms with van der Waals surface area (Å²) < 4.78 is 38.3. The Labute approximate surface area is 380 Å². The highest BCUT2D eigenvalue weighted by molar-refractivity contribution is 5.94. The van der Waals surface area contributed by atoms with Gasteiger partial charge in [-0.25, -0.2) is 0 Å². The quantitative estimate of drug-likeness (QED) is 0.0999. The van der Waals surface area contributed by atoms with E-state index in [2.05, 4.69) is 71.7 Å². The second-order valence-corrected chi connectivity index (χ2v) is 17.0. The number of methoxy groups -OCH3 is 3. The zero-order valence-corrected chi connectivity index (χ0v) is 37.6. The number of nitrogens with zero attached hydrogens (tertiary/aromatic N) is 2. The van der Waals surface area contributed by atoms with E-state index in [-0.39, 0.29) is 18.0 Å². The standard InChI is InChI=1S/C54H55N3O8/c1-56-24-21-40-30-47(60-3)49-32-43(40)44(56)27-34-9-18-42(19-10-34)64-48-29-36(28-45-51-41(22-25-57(45)2)31-50(61-4)52(62-5)53(51)65-49)11-20-46(48)63-26-6-23-55-54(59)39-16-14-38(15-17-39)37-12-7-35(33-58)8-13-37/h7-20,29-33,44-45H,6,21-28H2,1-5H3,(H,55,59). The number of carbonyl (C=O) groups excluding carboxylic acids is 2. The molecule has 6 aromatic carbocycles. The minimum absolute atomic E-state index is 0.0800. The van der Waals surface area contributed by atoms with Crippen LogP contribution in [0.1, 0.15) is 72.6 Å². The van der Waals surface area contributed by atoms with E-state index < -0.39 is 0 Å². The fourth-order valence-corrected chi connectivity index (χ4v) is 9.35. The van der Waals surface area contributed by atoms with Gasteiger partial charge in [-0.05, 0) is 140 Å². The van der Waals surface area contributed by atoms with Gasteiger partial charge in [0.05, 0.1) is 27.9 Å². The van der Waals surface area contributed by atoms with E-state index in [4.69, 9.17) is 28.4 Å². The van der Waals surface area contributed by atoms with Crippen molar-refractivity contribution in [3.8, 4) is 57.1 Å². The van der Waals surface area contributed by atoms with Gasteiger partial charge in [-0.3, -0.25) is 19.4 Å². The second-order valence-electron chi connectivity index (χ2n) is 17.0. The molecule has 0 saturated carbocycles. The number of benzene rings is 6. The first-order chi connectivity index (χ1) is 31.7. The maximum absolute atomic E-state index is 13.1. The molecule has 0 aromatic heterocycles. The first-order valence-electron chi connectivity index (χ1n) is 22.3. The third-order valence-corrected chi connectivity index (χ3v) is 13.0. The highest BCUT2D eigenvalue weighted by Crippen LogP contribution is 2.52. The largest absolute Gasteiger partial charge is 0.493 e. The molecule has 0 spiro atoms. The SMILES string of the molecule is COc1cc2c3cc1Oc1c(OC)c(OC)cc4c1C(Cc1ccc(OCCCNC(=O)c5ccc(-c6ccc(C=O)cc6)cc5)c(c1)Oc1ccc(cc1)CC3N(C)CC2)N(C)CC4. The molecule has 11 nitrogen and oxygen atoms in total. The van der Waals surface area contributed by atoms with Crippen molar-refractivity contribution in [3.05, 3.63) is 154 Å². The lowest BCUT2D eigenvalue weighted by atomic mass is 9.87. The maximum Gasteiger partial charge on any atom is 0.251 e. The van der Waals surface area contributed by atoms with Crippen LogP contribution in [-0.4, -0.2) is 83.7 Å². The van der Waals surface area contributed by atoms with Crippen molar-refractivity contribution in [1.82, 2.24) is 15.1 Å². The van der Waals surface area contributed by atoms with Crippen LogP contribution in [0.3, 0.4) is 0 Å². The van der Waals surface area contributed by atoms with E-state index in [1.165, 1.54) is 16.7 Å². The number of rotatable bonds is 11. The number of nitrogens with one attached hydrogen (secondary N) is 1. The summed E-state index contributed by atoms with van der Waals surface area (Å²) in [7, 11) is 9.36. The minimum atomic E-state index is -0.155. The molecule has 1 N–H and O–H groups in total. The molecule has 4 aliphatic rings. The first-order valence-corrected chi connectivity index (χ1v) is 22.3. The lowest BCUT2D eigenvalue weighted by Gasteiger charge is -2.37. The molecule has 65 heavy (non-hydrogen) atoms. The molecule has 4 heterocycles.